The van der Waals surface area contributed by atoms with E-state index in [1.54, 1.807) is 0 Å². The van der Waals surface area contributed by atoms with Crippen molar-refractivity contribution in [2.75, 3.05) is 5.32 Å². The highest BCUT2D eigenvalue weighted by Crippen LogP contribution is 2.50. The molecule has 3 aromatic rings. The second-order valence-corrected chi connectivity index (χ2v) is 12.0. The Bertz CT molecular complexity index is 1480. The summed E-state index contributed by atoms with van der Waals surface area (Å²) in [5, 5.41) is 14.7. The van der Waals surface area contributed by atoms with E-state index in [1.807, 2.05) is 20.8 Å². The van der Waals surface area contributed by atoms with Crippen LogP contribution >= 0.6 is 23.2 Å². The van der Waals surface area contributed by atoms with Crippen LogP contribution in [0, 0.1) is 22.9 Å². The predicted octanol–water partition coefficient (Wildman–Crippen LogP) is 6.46. The molecule has 0 bridgehead atoms. The van der Waals surface area contributed by atoms with Crippen LogP contribution < -0.4 is 16.4 Å². The van der Waals surface area contributed by atoms with Gasteiger partial charge in [0.25, 0.3) is 0 Å². The average molecular weight is 594 g/mol. The van der Waals surface area contributed by atoms with Gasteiger partial charge in [-0.3, -0.25) is 4.79 Å². The van der Waals surface area contributed by atoms with E-state index in [9.17, 15) is 14.0 Å². The third-order valence-electron chi connectivity index (χ3n) is 7.09. The Labute approximate surface area is 239 Å². The standard InChI is InChI=1S/C29H28Cl2F3N3O3/c1-28(2,3)13-22-29(35,17-9-8-15(30)12-19(17)32)23(16-5-4-6-18(31)24(16)34)25(37-22)26(38)36-21-10-7-14(27(39)40)11-20(21)33/h4-12,22-23,25,37H,13,35H2,1-3H3,(H,36,38)(H,39,40)/t22-,23-,25+,29+/m0/s1. The number of carbonyl (C=O) groups is 2. The van der Waals surface area contributed by atoms with E-state index in [1.165, 1.54) is 30.3 Å². The third kappa shape index (κ3) is 5.69. The van der Waals surface area contributed by atoms with Crippen molar-refractivity contribution in [1.29, 1.82) is 0 Å². The zero-order valence-corrected chi connectivity index (χ0v) is 23.4. The van der Waals surface area contributed by atoms with Crippen LogP contribution in [0.15, 0.2) is 54.6 Å². The molecule has 3 aromatic carbocycles. The first-order chi connectivity index (χ1) is 18.6. The lowest BCUT2D eigenvalue weighted by Crippen LogP contribution is -2.52. The first-order valence-corrected chi connectivity index (χ1v) is 13.2. The number of rotatable bonds is 6. The molecule has 1 saturated heterocycles. The zero-order chi connectivity index (χ0) is 29.6. The van der Waals surface area contributed by atoms with Crippen molar-refractivity contribution in [2.45, 2.75) is 50.7 Å². The molecule has 0 saturated carbocycles. The Balaban J connectivity index is 1.89. The van der Waals surface area contributed by atoms with Crippen molar-refractivity contribution in [3.05, 3.63) is 98.8 Å². The van der Waals surface area contributed by atoms with Gasteiger partial charge in [-0.25, -0.2) is 18.0 Å². The molecule has 1 aliphatic heterocycles. The van der Waals surface area contributed by atoms with Gasteiger partial charge in [-0.1, -0.05) is 62.2 Å². The molecule has 40 heavy (non-hydrogen) atoms. The van der Waals surface area contributed by atoms with E-state index in [-0.39, 0.29) is 37.8 Å². The van der Waals surface area contributed by atoms with E-state index in [0.29, 0.717) is 6.42 Å². The largest absolute Gasteiger partial charge is 0.478 e. The summed E-state index contributed by atoms with van der Waals surface area (Å²) in [6.45, 7) is 5.82. The molecule has 1 heterocycles. The fraction of sp³-hybridized carbons (Fsp3) is 0.310. The molecular formula is C29H28Cl2F3N3O3. The summed E-state index contributed by atoms with van der Waals surface area (Å²) < 4.78 is 45.9. The molecule has 1 aliphatic rings. The average Bonchev–Trinajstić information content (AvgIpc) is 3.13. The topological polar surface area (TPSA) is 104 Å². The highest BCUT2D eigenvalue weighted by molar-refractivity contribution is 6.31. The lowest BCUT2D eigenvalue weighted by Gasteiger charge is -2.40. The number of carboxylic acid groups (broad SMARTS) is 1. The van der Waals surface area contributed by atoms with Gasteiger partial charge in [0.15, 0.2) is 0 Å². The second-order valence-electron chi connectivity index (χ2n) is 11.1. The Hall–Kier alpha value is -3.11. The minimum atomic E-state index is -1.69. The summed E-state index contributed by atoms with van der Waals surface area (Å²) >= 11 is 12.1. The number of benzene rings is 3. The molecule has 6 nitrogen and oxygen atoms in total. The molecule has 0 aliphatic carbocycles. The lowest BCUT2D eigenvalue weighted by molar-refractivity contribution is -0.118. The maximum atomic E-state index is 15.6. The first-order valence-electron chi connectivity index (χ1n) is 12.4. The molecule has 1 amide bonds. The Morgan fingerprint density at radius 1 is 1.05 bits per heavy atom. The summed E-state index contributed by atoms with van der Waals surface area (Å²) in [4.78, 5) is 24.9. The quantitative estimate of drug-likeness (QED) is 0.262. The van der Waals surface area contributed by atoms with E-state index in [0.717, 1.165) is 24.3 Å². The summed E-state index contributed by atoms with van der Waals surface area (Å²) in [5.41, 5.74) is 4.43. The number of nitrogens with two attached hydrogens (primary N) is 1. The van der Waals surface area contributed by atoms with Crippen molar-refractivity contribution in [2.24, 2.45) is 11.1 Å². The van der Waals surface area contributed by atoms with Gasteiger partial charge in [0.1, 0.15) is 17.5 Å². The van der Waals surface area contributed by atoms with Crippen molar-refractivity contribution in [3.8, 4) is 0 Å². The SMILES string of the molecule is CC(C)(C)C[C@@H]1N[C@@H](C(=O)Nc2ccc(C(=O)O)cc2F)[C@H](c2cccc(Cl)c2F)[C@@]1(N)c1ccc(Cl)cc1F. The van der Waals surface area contributed by atoms with Crippen LogP contribution in [-0.2, 0) is 10.3 Å². The highest BCUT2D eigenvalue weighted by Gasteiger charge is 2.58. The number of carboxylic acids is 1. The third-order valence-corrected chi connectivity index (χ3v) is 7.62. The first kappa shape index (κ1) is 29.9. The molecule has 5 N–H and O–H groups in total. The number of halogens is 5. The van der Waals surface area contributed by atoms with Crippen molar-refractivity contribution in [3.63, 3.8) is 0 Å². The summed E-state index contributed by atoms with van der Waals surface area (Å²) in [6, 6.07) is 9.20. The number of hydrogen-bond acceptors (Lipinski definition) is 4. The minimum Gasteiger partial charge on any atom is -0.478 e. The molecular weight excluding hydrogens is 566 g/mol. The number of carbonyl (C=O) groups excluding carboxylic acids is 1. The Kier molecular flexibility index (Phi) is 8.25. The summed E-state index contributed by atoms with van der Waals surface area (Å²) in [7, 11) is 0. The summed E-state index contributed by atoms with van der Waals surface area (Å²) in [5.74, 6) is -5.88. The van der Waals surface area contributed by atoms with E-state index in [2.05, 4.69) is 10.6 Å². The molecule has 0 spiro atoms. The van der Waals surface area contributed by atoms with E-state index < -0.39 is 52.9 Å². The normalized spacial score (nSPS) is 22.8. The summed E-state index contributed by atoms with van der Waals surface area (Å²) in [6.07, 6.45) is 0.343. The van der Waals surface area contributed by atoms with Gasteiger partial charge in [0.2, 0.25) is 5.91 Å². The van der Waals surface area contributed by atoms with Crippen LogP contribution in [0.1, 0.15) is 54.6 Å². The second kappa shape index (κ2) is 11.0. The molecule has 4 rings (SSSR count). The smallest absolute Gasteiger partial charge is 0.335 e. The van der Waals surface area contributed by atoms with Gasteiger partial charge >= 0.3 is 5.97 Å². The van der Waals surface area contributed by atoms with Crippen molar-refractivity contribution < 1.29 is 27.9 Å². The van der Waals surface area contributed by atoms with E-state index in [4.69, 9.17) is 34.0 Å². The van der Waals surface area contributed by atoms with Crippen LogP contribution in [0.2, 0.25) is 10.0 Å². The minimum absolute atomic E-state index is 0.00955. The molecule has 0 aromatic heterocycles. The van der Waals surface area contributed by atoms with Gasteiger partial charge in [-0.15, -0.1) is 0 Å². The molecule has 0 radical (unpaired) electrons. The molecule has 0 unspecified atom stereocenters. The van der Waals surface area contributed by atoms with Gasteiger partial charge in [-0.05, 0) is 53.8 Å². The van der Waals surface area contributed by atoms with Crippen LogP contribution in [0.4, 0.5) is 18.9 Å². The van der Waals surface area contributed by atoms with Gasteiger partial charge in [0.05, 0.1) is 27.9 Å². The maximum Gasteiger partial charge on any atom is 0.335 e. The van der Waals surface area contributed by atoms with Crippen LogP contribution in [0.5, 0.6) is 0 Å². The zero-order valence-electron chi connectivity index (χ0n) is 21.9. The molecule has 212 valence electrons. The number of anilines is 1. The van der Waals surface area contributed by atoms with Gasteiger partial charge in [-0.2, -0.15) is 0 Å². The van der Waals surface area contributed by atoms with Crippen LogP contribution in [0.3, 0.4) is 0 Å². The van der Waals surface area contributed by atoms with E-state index >= 15 is 8.78 Å². The van der Waals surface area contributed by atoms with Gasteiger partial charge in [0, 0.05) is 22.5 Å². The van der Waals surface area contributed by atoms with Crippen molar-refractivity contribution in [1.82, 2.24) is 5.32 Å². The van der Waals surface area contributed by atoms with Crippen LogP contribution in [-0.4, -0.2) is 29.1 Å². The number of hydrogen-bond donors (Lipinski definition) is 4. The number of nitrogens with one attached hydrogen (secondary N) is 2. The van der Waals surface area contributed by atoms with Gasteiger partial charge < -0.3 is 21.5 Å². The number of aromatic carboxylic acids is 1. The highest BCUT2D eigenvalue weighted by atomic mass is 35.5. The fourth-order valence-electron chi connectivity index (χ4n) is 5.36. The lowest BCUT2D eigenvalue weighted by atomic mass is 9.68. The predicted molar refractivity (Wildman–Crippen MR) is 148 cm³/mol. The Morgan fingerprint density at radius 3 is 2.35 bits per heavy atom. The maximum absolute atomic E-state index is 15.6. The Morgan fingerprint density at radius 2 is 1.75 bits per heavy atom. The molecule has 11 heteroatoms. The molecule has 4 atom stereocenters. The van der Waals surface area contributed by atoms with Crippen LogP contribution in [0.25, 0.3) is 0 Å². The monoisotopic (exact) mass is 593 g/mol. The fourth-order valence-corrected chi connectivity index (χ4v) is 5.70. The van der Waals surface area contributed by atoms with Crippen molar-refractivity contribution >= 4 is 40.8 Å². The number of amides is 1. The molecule has 1 fully saturated rings.